The second kappa shape index (κ2) is 5.05. The molecule has 0 saturated carbocycles. The lowest BCUT2D eigenvalue weighted by Gasteiger charge is -2.35. The predicted molar refractivity (Wildman–Crippen MR) is 68.1 cm³/mol. The lowest BCUT2D eigenvalue weighted by atomic mass is 9.90. The average Bonchev–Trinajstić information content (AvgIpc) is 2.94. The highest BCUT2D eigenvalue weighted by Crippen LogP contribution is 2.30. The molecule has 2 aliphatic rings. The molecule has 0 radical (unpaired) electrons. The Kier molecular flexibility index (Phi) is 3.27. The Balaban J connectivity index is 1.57. The molecule has 0 aromatic carbocycles. The van der Waals surface area contributed by atoms with Crippen molar-refractivity contribution in [2.45, 2.75) is 31.8 Å². The van der Waals surface area contributed by atoms with Gasteiger partial charge in [0, 0.05) is 25.9 Å². The van der Waals surface area contributed by atoms with E-state index < -0.39 is 0 Å². The first kappa shape index (κ1) is 11.0. The van der Waals surface area contributed by atoms with E-state index in [1.54, 1.807) is 0 Å². The molecule has 0 bridgehead atoms. The molecule has 1 aromatic heterocycles. The van der Waals surface area contributed by atoms with E-state index in [0.29, 0.717) is 6.10 Å². The van der Waals surface area contributed by atoms with Crippen molar-refractivity contribution in [1.82, 2.24) is 4.98 Å². The standard InChI is InChI=1S/C14H20N2O/c1-2-8-15-14(5-1)16-9-6-12(7-10-16)13-4-3-11-17-13/h1-2,5,8,12-13H,3-4,6-7,9-11H2. The zero-order valence-corrected chi connectivity index (χ0v) is 10.2. The fraction of sp³-hybridized carbons (Fsp3) is 0.643. The zero-order chi connectivity index (χ0) is 11.5. The molecule has 3 rings (SSSR count). The second-order valence-electron chi connectivity index (χ2n) is 5.06. The van der Waals surface area contributed by atoms with Crippen molar-refractivity contribution in [2.75, 3.05) is 24.6 Å². The van der Waals surface area contributed by atoms with E-state index in [2.05, 4.69) is 22.0 Å². The number of hydrogen-bond acceptors (Lipinski definition) is 3. The highest BCUT2D eigenvalue weighted by molar-refractivity contribution is 5.37. The van der Waals surface area contributed by atoms with Crippen LogP contribution in [0.15, 0.2) is 24.4 Å². The number of nitrogens with zero attached hydrogens (tertiary/aromatic N) is 2. The number of piperidine rings is 1. The van der Waals surface area contributed by atoms with Gasteiger partial charge in [-0.1, -0.05) is 6.07 Å². The van der Waals surface area contributed by atoms with Crippen molar-refractivity contribution in [3.05, 3.63) is 24.4 Å². The van der Waals surface area contributed by atoms with E-state index in [4.69, 9.17) is 4.74 Å². The Morgan fingerprint density at radius 3 is 2.71 bits per heavy atom. The molecule has 1 atom stereocenters. The molecule has 0 aliphatic carbocycles. The first-order chi connectivity index (χ1) is 8.43. The van der Waals surface area contributed by atoms with Gasteiger partial charge in [0.2, 0.25) is 0 Å². The summed E-state index contributed by atoms with van der Waals surface area (Å²) in [5.74, 6) is 1.90. The number of aromatic nitrogens is 1. The Morgan fingerprint density at radius 2 is 2.06 bits per heavy atom. The summed E-state index contributed by atoms with van der Waals surface area (Å²) in [5, 5.41) is 0. The van der Waals surface area contributed by atoms with E-state index in [0.717, 1.165) is 31.4 Å². The number of rotatable bonds is 2. The number of pyridine rings is 1. The fourth-order valence-corrected chi connectivity index (χ4v) is 3.02. The molecule has 3 heteroatoms. The van der Waals surface area contributed by atoms with Gasteiger partial charge in [-0.05, 0) is 43.7 Å². The summed E-state index contributed by atoms with van der Waals surface area (Å²) >= 11 is 0. The van der Waals surface area contributed by atoms with Crippen LogP contribution in [-0.4, -0.2) is 30.8 Å². The van der Waals surface area contributed by atoms with Crippen molar-refractivity contribution < 1.29 is 4.74 Å². The van der Waals surface area contributed by atoms with Gasteiger partial charge in [0.15, 0.2) is 0 Å². The smallest absolute Gasteiger partial charge is 0.128 e. The SMILES string of the molecule is c1ccc(N2CCC(C3CCCO3)CC2)nc1. The van der Waals surface area contributed by atoms with Crippen LogP contribution >= 0.6 is 0 Å². The van der Waals surface area contributed by atoms with E-state index in [1.165, 1.54) is 25.7 Å². The molecule has 2 saturated heterocycles. The fourth-order valence-electron chi connectivity index (χ4n) is 3.02. The maximum atomic E-state index is 5.80. The van der Waals surface area contributed by atoms with E-state index in [1.807, 2.05) is 12.3 Å². The van der Waals surface area contributed by atoms with Crippen molar-refractivity contribution in [1.29, 1.82) is 0 Å². The van der Waals surface area contributed by atoms with Crippen LogP contribution in [0.2, 0.25) is 0 Å². The first-order valence-corrected chi connectivity index (χ1v) is 6.71. The monoisotopic (exact) mass is 232 g/mol. The van der Waals surface area contributed by atoms with Gasteiger partial charge in [-0.2, -0.15) is 0 Å². The van der Waals surface area contributed by atoms with Crippen molar-refractivity contribution in [2.24, 2.45) is 5.92 Å². The van der Waals surface area contributed by atoms with Crippen molar-refractivity contribution >= 4 is 5.82 Å². The summed E-state index contributed by atoms with van der Waals surface area (Å²) in [6, 6.07) is 6.14. The molecule has 0 N–H and O–H groups in total. The number of hydrogen-bond donors (Lipinski definition) is 0. The highest BCUT2D eigenvalue weighted by atomic mass is 16.5. The predicted octanol–water partition coefficient (Wildman–Crippen LogP) is 2.48. The maximum absolute atomic E-state index is 5.80. The summed E-state index contributed by atoms with van der Waals surface area (Å²) in [6.45, 7) is 3.23. The summed E-state index contributed by atoms with van der Waals surface area (Å²) in [5.41, 5.74) is 0. The summed E-state index contributed by atoms with van der Waals surface area (Å²) < 4.78 is 5.80. The molecular weight excluding hydrogens is 212 g/mol. The van der Waals surface area contributed by atoms with Crippen LogP contribution in [0.3, 0.4) is 0 Å². The molecule has 3 nitrogen and oxygen atoms in total. The van der Waals surface area contributed by atoms with E-state index >= 15 is 0 Å². The van der Waals surface area contributed by atoms with Crippen LogP contribution in [0.5, 0.6) is 0 Å². The van der Waals surface area contributed by atoms with Crippen LogP contribution in [0.4, 0.5) is 5.82 Å². The van der Waals surface area contributed by atoms with Gasteiger partial charge in [-0.25, -0.2) is 4.98 Å². The van der Waals surface area contributed by atoms with Gasteiger partial charge in [-0.3, -0.25) is 0 Å². The third kappa shape index (κ3) is 2.44. The largest absolute Gasteiger partial charge is 0.378 e. The third-order valence-electron chi connectivity index (χ3n) is 4.00. The molecular formula is C14H20N2O. The van der Waals surface area contributed by atoms with Gasteiger partial charge >= 0.3 is 0 Å². The van der Waals surface area contributed by atoms with Crippen LogP contribution in [-0.2, 0) is 4.74 Å². The molecule has 0 amide bonds. The van der Waals surface area contributed by atoms with Gasteiger partial charge in [0.1, 0.15) is 5.82 Å². The first-order valence-electron chi connectivity index (χ1n) is 6.71. The Labute approximate surface area is 103 Å². The molecule has 17 heavy (non-hydrogen) atoms. The molecule has 2 fully saturated rings. The molecule has 1 aromatic rings. The van der Waals surface area contributed by atoms with Crippen LogP contribution < -0.4 is 4.90 Å². The van der Waals surface area contributed by atoms with Crippen LogP contribution in [0.1, 0.15) is 25.7 Å². The molecule has 3 heterocycles. The lowest BCUT2D eigenvalue weighted by molar-refractivity contribution is 0.0531. The normalized spacial score (nSPS) is 26.4. The van der Waals surface area contributed by atoms with Gasteiger partial charge in [-0.15, -0.1) is 0 Å². The quantitative estimate of drug-likeness (QED) is 0.783. The topological polar surface area (TPSA) is 25.4 Å². The number of ether oxygens (including phenoxy) is 1. The summed E-state index contributed by atoms with van der Waals surface area (Å²) in [4.78, 5) is 6.81. The van der Waals surface area contributed by atoms with Gasteiger partial charge in [0.05, 0.1) is 6.10 Å². The lowest BCUT2D eigenvalue weighted by Crippen LogP contribution is -2.38. The highest BCUT2D eigenvalue weighted by Gasteiger charge is 2.29. The Hall–Kier alpha value is -1.09. The van der Waals surface area contributed by atoms with Crippen LogP contribution in [0, 0.1) is 5.92 Å². The molecule has 2 aliphatic heterocycles. The van der Waals surface area contributed by atoms with Crippen molar-refractivity contribution in [3.63, 3.8) is 0 Å². The van der Waals surface area contributed by atoms with Gasteiger partial charge in [0.25, 0.3) is 0 Å². The second-order valence-corrected chi connectivity index (χ2v) is 5.06. The summed E-state index contributed by atoms with van der Waals surface area (Å²) in [7, 11) is 0. The third-order valence-corrected chi connectivity index (χ3v) is 4.00. The van der Waals surface area contributed by atoms with E-state index in [-0.39, 0.29) is 0 Å². The molecule has 0 spiro atoms. The molecule has 92 valence electrons. The summed E-state index contributed by atoms with van der Waals surface area (Å²) in [6.07, 6.45) is 7.45. The minimum Gasteiger partial charge on any atom is -0.378 e. The van der Waals surface area contributed by atoms with Crippen LogP contribution in [0.25, 0.3) is 0 Å². The minimum absolute atomic E-state index is 0.542. The van der Waals surface area contributed by atoms with E-state index in [9.17, 15) is 0 Å². The molecule has 1 unspecified atom stereocenters. The average molecular weight is 232 g/mol. The maximum Gasteiger partial charge on any atom is 0.128 e. The van der Waals surface area contributed by atoms with Gasteiger partial charge < -0.3 is 9.64 Å². The Bertz CT molecular complexity index is 340. The number of anilines is 1. The zero-order valence-electron chi connectivity index (χ0n) is 10.2. The Morgan fingerprint density at radius 1 is 1.18 bits per heavy atom. The minimum atomic E-state index is 0.542. The van der Waals surface area contributed by atoms with Crippen molar-refractivity contribution in [3.8, 4) is 0 Å².